The Bertz CT molecular complexity index is 880. The fourth-order valence-electron chi connectivity index (χ4n) is 2.83. The van der Waals surface area contributed by atoms with Crippen LogP contribution in [0.25, 0.3) is 0 Å². The van der Waals surface area contributed by atoms with E-state index in [0.717, 1.165) is 24.8 Å². The SMILES string of the molecule is O=C(NCc1ccc(Cl)nc1)Nc1ccc(S(=O)(=O)N2CCCCC2)cc1. The van der Waals surface area contributed by atoms with Crippen molar-refractivity contribution in [3.63, 3.8) is 0 Å². The summed E-state index contributed by atoms with van der Waals surface area (Å²) < 4.78 is 26.7. The fraction of sp³-hybridized carbons (Fsp3) is 0.333. The lowest BCUT2D eigenvalue weighted by molar-refractivity contribution is 0.251. The van der Waals surface area contributed by atoms with Crippen molar-refractivity contribution < 1.29 is 13.2 Å². The second-order valence-corrected chi connectivity index (χ2v) is 8.61. The van der Waals surface area contributed by atoms with E-state index in [2.05, 4.69) is 15.6 Å². The van der Waals surface area contributed by atoms with Gasteiger partial charge in [0.15, 0.2) is 0 Å². The quantitative estimate of drug-likeness (QED) is 0.743. The first-order valence-electron chi connectivity index (χ1n) is 8.71. The lowest BCUT2D eigenvalue weighted by Gasteiger charge is -2.25. The number of urea groups is 1. The number of halogens is 1. The minimum Gasteiger partial charge on any atom is -0.334 e. The molecule has 2 aromatic rings. The molecule has 7 nitrogen and oxygen atoms in total. The van der Waals surface area contributed by atoms with Gasteiger partial charge in [-0.05, 0) is 48.7 Å². The van der Waals surface area contributed by atoms with Crippen molar-refractivity contribution in [2.45, 2.75) is 30.7 Å². The number of hydrogen-bond donors (Lipinski definition) is 2. The van der Waals surface area contributed by atoms with Crippen LogP contribution in [0.2, 0.25) is 5.15 Å². The van der Waals surface area contributed by atoms with Crippen molar-refractivity contribution in [1.82, 2.24) is 14.6 Å². The molecule has 0 atom stereocenters. The number of carbonyl (C=O) groups is 1. The van der Waals surface area contributed by atoms with E-state index < -0.39 is 16.1 Å². The summed E-state index contributed by atoms with van der Waals surface area (Å²) in [5, 5.41) is 5.77. The number of nitrogens with zero attached hydrogens (tertiary/aromatic N) is 2. The molecule has 2 N–H and O–H groups in total. The molecule has 0 saturated carbocycles. The molecule has 1 aromatic heterocycles. The average Bonchev–Trinajstić information content (AvgIpc) is 2.69. The van der Waals surface area contributed by atoms with Crippen molar-refractivity contribution >= 4 is 33.3 Å². The number of sulfonamides is 1. The van der Waals surface area contributed by atoms with Gasteiger partial charge in [-0.15, -0.1) is 0 Å². The number of anilines is 1. The van der Waals surface area contributed by atoms with Crippen LogP contribution in [0.15, 0.2) is 47.5 Å². The third-order valence-electron chi connectivity index (χ3n) is 4.31. The van der Waals surface area contributed by atoms with Crippen LogP contribution in [-0.4, -0.2) is 36.8 Å². The highest BCUT2D eigenvalue weighted by molar-refractivity contribution is 7.89. The molecule has 1 aliphatic rings. The van der Waals surface area contributed by atoms with Gasteiger partial charge in [-0.1, -0.05) is 24.1 Å². The molecule has 0 spiro atoms. The van der Waals surface area contributed by atoms with Crippen LogP contribution in [0.1, 0.15) is 24.8 Å². The molecule has 3 rings (SSSR count). The van der Waals surface area contributed by atoms with E-state index in [4.69, 9.17) is 11.6 Å². The molecule has 144 valence electrons. The Kier molecular flexibility index (Phi) is 6.30. The molecule has 1 aromatic carbocycles. The minimum atomic E-state index is -3.47. The minimum absolute atomic E-state index is 0.239. The number of pyridine rings is 1. The van der Waals surface area contributed by atoms with Gasteiger partial charge in [0.05, 0.1) is 4.90 Å². The van der Waals surface area contributed by atoms with Crippen molar-refractivity contribution in [1.29, 1.82) is 0 Å². The van der Waals surface area contributed by atoms with E-state index in [1.54, 1.807) is 30.5 Å². The van der Waals surface area contributed by atoms with Crippen molar-refractivity contribution in [2.75, 3.05) is 18.4 Å². The predicted octanol–water partition coefficient (Wildman–Crippen LogP) is 3.23. The number of aromatic nitrogens is 1. The van der Waals surface area contributed by atoms with Crippen LogP contribution < -0.4 is 10.6 Å². The zero-order chi connectivity index (χ0) is 19.3. The summed E-state index contributed by atoms with van der Waals surface area (Å²) in [4.78, 5) is 16.2. The van der Waals surface area contributed by atoms with Crippen molar-refractivity contribution in [3.05, 3.63) is 53.3 Å². The Balaban J connectivity index is 1.56. The highest BCUT2D eigenvalue weighted by Gasteiger charge is 2.25. The van der Waals surface area contributed by atoms with Crippen LogP contribution in [0.3, 0.4) is 0 Å². The van der Waals surface area contributed by atoms with E-state index in [1.807, 2.05) is 0 Å². The van der Waals surface area contributed by atoms with E-state index in [0.29, 0.717) is 30.5 Å². The standard InChI is InChI=1S/C18H21ClN4O3S/c19-17-9-4-14(12-20-17)13-21-18(24)22-15-5-7-16(8-6-15)27(25,26)23-10-2-1-3-11-23/h4-9,12H,1-3,10-11,13H2,(H2,21,22,24). The zero-order valence-electron chi connectivity index (χ0n) is 14.7. The highest BCUT2D eigenvalue weighted by atomic mass is 35.5. The van der Waals surface area contributed by atoms with E-state index in [-0.39, 0.29) is 4.90 Å². The molecule has 9 heteroatoms. The molecule has 27 heavy (non-hydrogen) atoms. The topological polar surface area (TPSA) is 91.4 Å². The first-order valence-corrected chi connectivity index (χ1v) is 10.5. The summed E-state index contributed by atoms with van der Waals surface area (Å²) in [6, 6.07) is 9.23. The summed E-state index contributed by atoms with van der Waals surface area (Å²) in [7, 11) is -3.47. The van der Waals surface area contributed by atoms with Gasteiger partial charge in [0.25, 0.3) is 0 Å². The molecule has 1 saturated heterocycles. The van der Waals surface area contributed by atoms with Gasteiger partial charge in [0, 0.05) is 31.5 Å². The predicted molar refractivity (Wildman–Crippen MR) is 104 cm³/mol. The number of carbonyl (C=O) groups excluding carboxylic acids is 1. The Morgan fingerprint density at radius 2 is 1.78 bits per heavy atom. The first-order chi connectivity index (χ1) is 12.9. The number of rotatable bonds is 5. The molecule has 1 aliphatic heterocycles. The summed E-state index contributed by atoms with van der Waals surface area (Å²) in [5.41, 5.74) is 1.33. The maximum atomic E-state index is 12.6. The van der Waals surface area contributed by atoms with Crippen molar-refractivity contribution in [2.24, 2.45) is 0 Å². The van der Waals surface area contributed by atoms with Gasteiger partial charge in [-0.3, -0.25) is 0 Å². The normalized spacial score (nSPS) is 15.3. The highest BCUT2D eigenvalue weighted by Crippen LogP contribution is 2.22. The molecular weight excluding hydrogens is 388 g/mol. The van der Waals surface area contributed by atoms with Crippen LogP contribution in [0.5, 0.6) is 0 Å². The smallest absolute Gasteiger partial charge is 0.319 e. The number of hydrogen-bond acceptors (Lipinski definition) is 4. The maximum Gasteiger partial charge on any atom is 0.319 e. The van der Waals surface area contributed by atoms with Crippen LogP contribution in [0, 0.1) is 0 Å². The summed E-state index contributed by atoms with van der Waals surface area (Å²) >= 11 is 5.72. The molecule has 0 bridgehead atoms. The van der Waals surface area contributed by atoms with E-state index >= 15 is 0 Å². The third-order valence-corrected chi connectivity index (χ3v) is 6.44. The number of amides is 2. The molecule has 1 fully saturated rings. The second kappa shape index (κ2) is 8.69. The largest absolute Gasteiger partial charge is 0.334 e. The van der Waals surface area contributed by atoms with Crippen molar-refractivity contribution in [3.8, 4) is 0 Å². The monoisotopic (exact) mass is 408 g/mol. The van der Waals surface area contributed by atoms with Crippen LogP contribution in [-0.2, 0) is 16.6 Å². The van der Waals surface area contributed by atoms with Gasteiger partial charge in [-0.25, -0.2) is 18.2 Å². The molecule has 0 radical (unpaired) electrons. The lowest BCUT2D eigenvalue weighted by atomic mass is 10.2. The summed E-state index contributed by atoms with van der Waals surface area (Å²) in [6.07, 6.45) is 4.43. The molecule has 0 aliphatic carbocycles. The zero-order valence-corrected chi connectivity index (χ0v) is 16.3. The molecular formula is C18H21ClN4O3S. The van der Waals surface area contributed by atoms with Gasteiger partial charge >= 0.3 is 6.03 Å². The Morgan fingerprint density at radius 1 is 1.07 bits per heavy atom. The van der Waals surface area contributed by atoms with Gasteiger partial charge in [-0.2, -0.15) is 4.31 Å². The summed E-state index contributed by atoms with van der Waals surface area (Å²) in [6.45, 7) is 1.42. The Morgan fingerprint density at radius 3 is 2.41 bits per heavy atom. The van der Waals surface area contributed by atoms with Gasteiger partial charge < -0.3 is 10.6 Å². The Labute approximate surface area is 163 Å². The first kappa shape index (κ1) is 19.6. The van der Waals surface area contributed by atoms with E-state index in [9.17, 15) is 13.2 Å². The molecule has 0 unspecified atom stereocenters. The lowest BCUT2D eigenvalue weighted by Crippen LogP contribution is -2.35. The fourth-order valence-corrected chi connectivity index (χ4v) is 4.46. The van der Waals surface area contributed by atoms with Crippen LogP contribution in [0.4, 0.5) is 10.5 Å². The molecule has 2 heterocycles. The average molecular weight is 409 g/mol. The summed E-state index contributed by atoms with van der Waals surface area (Å²) in [5.74, 6) is 0. The number of nitrogens with one attached hydrogen (secondary N) is 2. The van der Waals surface area contributed by atoms with E-state index in [1.165, 1.54) is 16.4 Å². The Hall–Kier alpha value is -2.16. The van der Waals surface area contributed by atoms with Crippen LogP contribution >= 0.6 is 11.6 Å². The second-order valence-electron chi connectivity index (χ2n) is 6.29. The van der Waals surface area contributed by atoms with Gasteiger partial charge in [0.1, 0.15) is 5.15 Å². The number of benzene rings is 1. The number of piperidine rings is 1. The molecule has 2 amide bonds. The third kappa shape index (κ3) is 5.18. The maximum absolute atomic E-state index is 12.6. The van der Waals surface area contributed by atoms with Gasteiger partial charge in [0.2, 0.25) is 10.0 Å².